The van der Waals surface area contributed by atoms with Gasteiger partial charge in [-0.15, -0.1) is 0 Å². The van der Waals surface area contributed by atoms with Crippen molar-refractivity contribution in [2.24, 2.45) is 9.98 Å². The first-order valence-electron chi connectivity index (χ1n) is 5.88. The van der Waals surface area contributed by atoms with Crippen LogP contribution in [0.4, 0.5) is 0 Å². The highest BCUT2D eigenvalue weighted by Crippen LogP contribution is 2.15. The Hall–Kier alpha value is -1.18. The monoisotopic (exact) mass is 276 g/mol. The van der Waals surface area contributed by atoms with Gasteiger partial charge in [0.05, 0.1) is 22.4 Å². The van der Waals surface area contributed by atoms with E-state index in [1.165, 1.54) is 11.1 Å². The van der Waals surface area contributed by atoms with Crippen molar-refractivity contribution in [3.05, 3.63) is 35.4 Å². The summed E-state index contributed by atoms with van der Waals surface area (Å²) in [5, 5.41) is 4.87. The Labute approximate surface area is 119 Å². The fraction of sp³-hybridized carbons (Fsp3) is 0.429. The summed E-state index contributed by atoms with van der Waals surface area (Å²) in [6.45, 7) is 4.07. The highest BCUT2D eigenvalue weighted by Gasteiger charge is 2.08. The van der Waals surface area contributed by atoms with Gasteiger partial charge in [-0.1, -0.05) is 24.3 Å². The smallest absolute Gasteiger partial charge is 0.0615 e. The largest absolute Gasteiger partial charge is 0.229 e. The maximum Gasteiger partial charge on any atom is 0.0615 e. The van der Waals surface area contributed by atoms with Crippen molar-refractivity contribution in [3.8, 4) is 0 Å². The second kappa shape index (κ2) is 8.02. The molecule has 0 aliphatic rings. The molecule has 0 saturated carbocycles. The topological polar surface area (TPSA) is 24.7 Å². The van der Waals surface area contributed by atoms with Gasteiger partial charge in [0.25, 0.3) is 0 Å². The van der Waals surface area contributed by atoms with Crippen molar-refractivity contribution in [2.75, 3.05) is 0 Å². The van der Waals surface area contributed by atoms with Gasteiger partial charge in [-0.05, 0) is 62.3 Å². The maximum absolute atomic E-state index is 4.63. The van der Waals surface area contributed by atoms with Crippen LogP contribution in [-0.2, 0) is 12.8 Å². The Kier molecular flexibility index (Phi) is 6.63. The lowest BCUT2D eigenvalue weighted by Gasteiger charge is -2.12. The SMILES string of the molecule is CC(Cc1ccccc1CC(C)N=C=S)N=C=S. The van der Waals surface area contributed by atoms with Gasteiger partial charge in [0.15, 0.2) is 0 Å². The molecule has 0 aliphatic heterocycles. The first-order valence-corrected chi connectivity index (χ1v) is 6.69. The normalized spacial score (nSPS) is 13.0. The van der Waals surface area contributed by atoms with E-state index in [9.17, 15) is 0 Å². The second-order valence-corrected chi connectivity index (χ2v) is 4.68. The molecule has 0 heterocycles. The van der Waals surface area contributed by atoms with E-state index in [2.05, 4.69) is 56.9 Å². The Morgan fingerprint density at radius 3 is 1.67 bits per heavy atom. The minimum atomic E-state index is 0.160. The van der Waals surface area contributed by atoms with Crippen molar-refractivity contribution in [1.29, 1.82) is 0 Å². The first-order chi connectivity index (χ1) is 8.67. The molecule has 0 radical (unpaired) electrons. The summed E-state index contributed by atoms with van der Waals surface area (Å²) in [5.41, 5.74) is 2.57. The Balaban J connectivity index is 2.85. The lowest BCUT2D eigenvalue weighted by Crippen LogP contribution is -2.09. The molecule has 2 nitrogen and oxygen atoms in total. The van der Waals surface area contributed by atoms with E-state index < -0.39 is 0 Å². The fourth-order valence-corrected chi connectivity index (χ4v) is 2.22. The number of benzene rings is 1. The molecular weight excluding hydrogens is 260 g/mol. The number of nitrogens with zero attached hydrogens (tertiary/aromatic N) is 2. The van der Waals surface area contributed by atoms with Crippen molar-refractivity contribution in [1.82, 2.24) is 0 Å². The van der Waals surface area contributed by atoms with E-state index in [1.807, 2.05) is 26.0 Å². The minimum Gasteiger partial charge on any atom is -0.229 e. The molecule has 0 aliphatic carbocycles. The average molecular weight is 276 g/mol. The number of hydrogen-bond acceptors (Lipinski definition) is 4. The van der Waals surface area contributed by atoms with Crippen molar-refractivity contribution in [2.45, 2.75) is 38.8 Å². The third-order valence-electron chi connectivity index (χ3n) is 2.70. The third-order valence-corrected chi connectivity index (χ3v) is 2.91. The molecule has 1 aromatic rings. The summed E-state index contributed by atoms with van der Waals surface area (Å²) < 4.78 is 0. The average Bonchev–Trinajstić information content (AvgIpc) is 2.32. The number of aliphatic imine (C=N–C) groups is 2. The first kappa shape index (κ1) is 14.9. The number of rotatable bonds is 6. The number of hydrogen-bond donors (Lipinski definition) is 0. The van der Waals surface area contributed by atoms with Crippen LogP contribution >= 0.6 is 24.4 Å². The van der Waals surface area contributed by atoms with E-state index >= 15 is 0 Å². The summed E-state index contributed by atoms with van der Waals surface area (Å²) in [4.78, 5) is 8.18. The summed E-state index contributed by atoms with van der Waals surface area (Å²) in [5.74, 6) is 0. The molecule has 0 fully saturated rings. The lowest BCUT2D eigenvalue weighted by molar-refractivity contribution is 0.709. The van der Waals surface area contributed by atoms with E-state index in [0.29, 0.717) is 0 Å². The second-order valence-electron chi connectivity index (χ2n) is 4.32. The van der Waals surface area contributed by atoms with Gasteiger partial charge in [-0.3, -0.25) is 0 Å². The van der Waals surface area contributed by atoms with Crippen LogP contribution in [0, 0.1) is 0 Å². The Morgan fingerprint density at radius 2 is 1.33 bits per heavy atom. The highest BCUT2D eigenvalue weighted by molar-refractivity contribution is 7.78. The van der Waals surface area contributed by atoms with Gasteiger partial charge in [0, 0.05) is 0 Å². The van der Waals surface area contributed by atoms with E-state index in [4.69, 9.17) is 0 Å². The predicted molar refractivity (Wildman–Crippen MR) is 82.8 cm³/mol. The van der Waals surface area contributed by atoms with Gasteiger partial charge in [-0.25, -0.2) is 9.98 Å². The van der Waals surface area contributed by atoms with Crippen LogP contribution in [0.1, 0.15) is 25.0 Å². The zero-order chi connectivity index (χ0) is 13.4. The highest BCUT2D eigenvalue weighted by atomic mass is 32.1. The van der Waals surface area contributed by atoms with Crippen molar-refractivity contribution >= 4 is 34.8 Å². The Bertz CT molecular complexity index is 441. The number of isothiocyanates is 2. The summed E-state index contributed by atoms with van der Waals surface area (Å²) >= 11 is 9.26. The fourth-order valence-electron chi connectivity index (χ4n) is 1.86. The van der Waals surface area contributed by atoms with Crippen LogP contribution < -0.4 is 0 Å². The van der Waals surface area contributed by atoms with Gasteiger partial charge in [0.2, 0.25) is 0 Å². The summed E-state index contributed by atoms with van der Waals surface area (Å²) in [6, 6.07) is 8.65. The molecule has 0 amide bonds. The minimum absolute atomic E-state index is 0.160. The molecule has 94 valence electrons. The zero-order valence-corrected chi connectivity index (χ0v) is 12.2. The van der Waals surface area contributed by atoms with E-state index in [-0.39, 0.29) is 12.1 Å². The molecule has 0 saturated heterocycles. The van der Waals surface area contributed by atoms with Crippen LogP contribution in [0.15, 0.2) is 34.3 Å². The third kappa shape index (κ3) is 4.99. The van der Waals surface area contributed by atoms with Crippen LogP contribution in [0.5, 0.6) is 0 Å². The van der Waals surface area contributed by atoms with Crippen LogP contribution in [0.25, 0.3) is 0 Å². The summed E-state index contributed by atoms with van der Waals surface area (Å²) in [6.07, 6.45) is 1.74. The maximum atomic E-state index is 4.63. The molecule has 0 spiro atoms. The predicted octanol–water partition coefficient (Wildman–Crippen LogP) is 3.75. The van der Waals surface area contributed by atoms with Gasteiger partial charge in [0.1, 0.15) is 0 Å². The molecule has 2 atom stereocenters. The van der Waals surface area contributed by atoms with Gasteiger partial charge < -0.3 is 0 Å². The van der Waals surface area contributed by atoms with Crippen molar-refractivity contribution in [3.63, 3.8) is 0 Å². The molecule has 18 heavy (non-hydrogen) atoms. The molecule has 2 unspecified atom stereocenters. The molecular formula is C14H16N2S2. The zero-order valence-electron chi connectivity index (χ0n) is 10.6. The standard InChI is InChI=1S/C14H16N2S2/c1-11(15-9-17)7-13-5-3-4-6-14(13)8-12(2)16-10-18/h3-6,11-12H,7-8H2,1-2H3. The van der Waals surface area contributed by atoms with Crippen LogP contribution in [0.3, 0.4) is 0 Å². The van der Waals surface area contributed by atoms with Gasteiger partial charge >= 0.3 is 0 Å². The van der Waals surface area contributed by atoms with E-state index in [1.54, 1.807) is 0 Å². The summed E-state index contributed by atoms with van der Waals surface area (Å²) in [7, 11) is 0. The van der Waals surface area contributed by atoms with E-state index in [0.717, 1.165) is 12.8 Å². The molecule has 0 aromatic heterocycles. The Morgan fingerprint density at radius 1 is 0.944 bits per heavy atom. The molecule has 1 rings (SSSR count). The number of thiocarbonyl (C=S) groups is 2. The molecule has 0 bridgehead atoms. The molecule has 0 N–H and O–H groups in total. The van der Waals surface area contributed by atoms with Gasteiger partial charge in [-0.2, -0.15) is 0 Å². The molecule has 1 aromatic carbocycles. The quantitative estimate of drug-likeness (QED) is 0.584. The van der Waals surface area contributed by atoms with Crippen LogP contribution in [-0.4, -0.2) is 22.4 Å². The van der Waals surface area contributed by atoms with Crippen LogP contribution in [0.2, 0.25) is 0 Å². The molecule has 4 heteroatoms. The lowest BCUT2D eigenvalue weighted by atomic mass is 9.97. The van der Waals surface area contributed by atoms with Crippen molar-refractivity contribution < 1.29 is 0 Å².